The number of rotatable bonds is 3. The fraction of sp³-hybridized carbons (Fsp3) is 0.500. The Hall–Kier alpha value is -0.820. The van der Waals surface area contributed by atoms with E-state index in [-0.39, 0.29) is 6.10 Å². The third kappa shape index (κ3) is 3.19. The number of aliphatic hydroxyl groups is 1. The second kappa shape index (κ2) is 4.43. The quantitative estimate of drug-likeness (QED) is 0.754. The highest BCUT2D eigenvalue weighted by atomic mass is 16.3. The molecule has 72 valence electrons. The van der Waals surface area contributed by atoms with Crippen LogP contribution in [0, 0.1) is 12.8 Å². The summed E-state index contributed by atoms with van der Waals surface area (Å²) >= 11 is 0. The summed E-state index contributed by atoms with van der Waals surface area (Å²) in [5, 5.41) is 9.65. The molecule has 0 radical (unpaired) electrons. The van der Waals surface area contributed by atoms with E-state index in [9.17, 15) is 5.11 Å². The third-order valence-corrected chi connectivity index (χ3v) is 2.33. The fourth-order valence-electron chi connectivity index (χ4n) is 1.20. The third-order valence-electron chi connectivity index (χ3n) is 2.33. The van der Waals surface area contributed by atoms with Crippen LogP contribution in [0.25, 0.3) is 0 Å². The second-order valence-electron chi connectivity index (χ2n) is 4.00. The van der Waals surface area contributed by atoms with Crippen LogP contribution in [0.15, 0.2) is 24.3 Å². The van der Waals surface area contributed by atoms with E-state index < -0.39 is 0 Å². The molecule has 0 aliphatic heterocycles. The molecule has 1 N–H and O–H groups in total. The van der Waals surface area contributed by atoms with Gasteiger partial charge in [0.05, 0.1) is 6.10 Å². The van der Waals surface area contributed by atoms with Crippen molar-refractivity contribution in [2.24, 2.45) is 5.92 Å². The SMILES string of the molecule is Cc1ccc(CC(O)C(C)C)cc1. The maximum Gasteiger partial charge on any atom is 0.0603 e. The van der Waals surface area contributed by atoms with Gasteiger partial charge < -0.3 is 5.11 Å². The Morgan fingerprint density at radius 3 is 2.15 bits per heavy atom. The molecule has 0 aliphatic carbocycles. The number of aliphatic hydroxyl groups excluding tert-OH is 1. The van der Waals surface area contributed by atoms with E-state index in [0.29, 0.717) is 5.92 Å². The summed E-state index contributed by atoms with van der Waals surface area (Å²) in [6.45, 7) is 6.15. The summed E-state index contributed by atoms with van der Waals surface area (Å²) in [6, 6.07) is 8.34. The first-order chi connectivity index (χ1) is 6.09. The molecule has 0 amide bonds. The lowest BCUT2D eigenvalue weighted by atomic mass is 9.99. The smallest absolute Gasteiger partial charge is 0.0603 e. The Balaban J connectivity index is 2.59. The molecule has 0 aliphatic rings. The summed E-state index contributed by atoms with van der Waals surface area (Å²) in [5.41, 5.74) is 2.48. The molecule has 13 heavy (non-hydrogen) atoms. The number of hydrogen-bond acceptors (Lipinski definition) is 1. The van der Waals surface area contributed by atoms with Crippen molar-refractivity contribution in [3.05, 3.63) is 35.4 Å². The van der Waals surface area contributed by atoms with Crippen LogP contribution >= 0.6 is 0 Å². The second-order valence-corrected chi connectivity index (χ2v) is 4.00. The standard InChI is InChI=1S/C12H18O/c1-9(2)12(13)8-11-6-4-10(3)5-7-11/h4-7,9,12-13H,8H2,1-3H3. The fourth-order valence-corrected chi connectivity index (χ4v) is 1.20. The molecule has 1 atom stereocenters. The molecule has 0 saturated heterocycles. The van der Waals surface area contributed by atoms with Crippen molar-refractivity contribution in [1.29, 1.82) is 0 Å². The summed E-state index contributed by atoms with van der Waals surface area (Å²) in [5.74, 6) is 0.335. The van der Waals surface area contributed by atoms with Crippen molar-refractivity contribution >= 4 is 0 Å². The van der Waals surface area contributed by atoms with E-state index in [1.807, 2.05) is 13.8 Å². The van der Waals surface area contributed by atoms with Crippen LogP contribution in [0.2, 0.25) is 0 Å². The predicted molar refractivity (Wildman–Crippen MR) is 55.7 cm³/mol. The number of aryl methyl sites for hydroxylation is 1. The van der Waals surface area contributed by atoms with Crippen LogP contribution in [-0.2, 0) is 6.42 Å². The maximum absolute atomic E-state index is 9.65. The lowest BCUT2D eigenvalue weighted by Gasteiger charge is -2.14. The van der Waals surface area contributed by atoms with E-state index in [1.165, 1.54) is 11.1 Å². The zero-order valence-corrected chi connectivity index (χ0v) is 8.62. The monoisotopic (exact) mass is 178 g/mol. The van der Waals surface area contributed by atoms with Gasteiger partial charge in [-0.3, -0.25) is 0 Å². The lowest BCUT2D eigenvalue weighted by molar-refractivity contribution is 0.126. The Labute approximate surface area is 80.4 Å². The van der Waals surface area contributed by atoms with Crippen LogP contribution in [-0.4, -0.2) is 11.2 Å². The highest BCUT2D eigenvalue weighted by molar-refractivity contribution is 5.21. The van der Waals surface area contributed by atoms with E-state index in [1.54, 1.807) is 0 Å². The summed E-state index contributed by atoms with van der Waals surface area (Å²) in [4.78, 5) is 0. The van der Waals surface area contributed by atoms with Crippen LogP contribution in [0.3, 0.4) is 0 Å². The van der Waals surface area contributed by atoms with Crippen molar-refractivity contribution < 1.29 is 5.11 Å². The average molecular weight is 178 g/mol. The van der Waals surface area contributed by atoms with Crippen molar-refractivity contribution in [2.75, 3.05) is 0 Å². The molecule has 0 aromatic heterocycles. The van der Waals surface area contributed by atoms with Gasteiger partial charge in [-0.1, -0.05) is 43.7 Å². The zero-order chi connectivity index (χ0) is 9.84. The van der Waals surface area contributed by atoms with Gasteiger partial charge >= 0.3 is 0 Å². The molecule has 1 aromatic carbocycles. The Morgan fingerprint density at radius 2 is 1.69 bits per heavy atom. The van der Waals surface area contributed by atoms with E-state index in [0.717, 1.165) is 6.42 Å². The van der Waals surface area contributed by atoms with E-state index >= 15 is 0 Å². The summed E-state index contributed by atoms with van der Waals surface area (Å²) in [6.07, 6.45) is 0.542. The maximum atomic E-state index is 9.65. The first-order valence-corrected chi connectivity index (χ1v) is 4.83. The van der Waals surface area contributed by atoms with Crippen molar-refractivity contribution in [3.8, 4) is 0 Å². The molecule has 0 fully saturated rings. The van der Waals surface area contributed by atoms with Gasteiger partial charge in [0.25, 0.3) is 0 Å². The van der Waals surface area contributed by atoms with Gasteiger partial charge in [-0.2, -0.15) is 0 Å². The number of benzene rings is 1. The molecule has 0 spiro atoms. The van der Waals surface area contributed by atoms with Crippen molar-refractivity contribution in [2.45, 2.75) is 33.3 Å². The Morgan fingerprint density at radius 1 is 1.15 bits per heavy atom. The van der Waals surface area contributed by atoms with Gasteiger partial charge in [-0.15, -0.1) is 0 Å². The minimum Gasteiger partial charge on any atom is -0.393 e. The molecular weight excluding hydrogens is 160 g/mol. The van der Waals surface area contributed by atoms with Gasteiger partial charge in [-0.25, -0.2) is 0 Å². The summed E-state index contributed by atoms with van der Waals surface area (Å²) in [7, 11) is 0. The van der Waals surface area contributed by atoms with Gasteiger partial charge in [0.15, 0.2) is 0 Å². The highest BCUT2D eigenvalue weighted by Gasteiger charge is 2.09. The van der Waals surface area contributed by atoms with Crippen LogP contribution in [0.4, 0.5) is 0 Å². The predicted octanol–water partition coefficient (Wildman–Crippen LogP) is 2.55. The average Bonchev–Trinajstić information content (AvgIpc) is 2.08. The zero-order valence-electron chi connectivity index (χ0n) is 8.62. The Kier molecular flexibility index (Phi) is 3.49. The normalized spacial score (nSPS) is 13.3. The molecule has 0 bridgehead atoms. The molecule has 0 saturated carbocycles. The van der Waals surface area contributed by atoms with E-state index in [4.69, 9.17) is 0 Å². The first-order valence-electron chi connectivity index (χ1n) is 4.83. The Bertz CT molecular complexity index is 248. The minimum absolute atomic E-state index is 0.220. The van der Waals surface area contributed by atoms with Crippen LogP contribution in [0.1, 0.15) is 25.0 Å². The highest BCUT2D eigenvalue weighted by Crippen LogP contribution is 2.10. The van der Waals surface area contributed by atoms with E-state index in [2.05, 4.69) is 31.2 Å². The largest absolute Gasteiger partial charge is 0.393 e. The van der Waals surface area contributed by atoms with Crippen molar-refractivity contribution in [1.82, 2.24) is 0 Å². The molecule has 1 rings (SSSR count). The molecule has 0 heterocycles. The minimum atomic E-state index is -0.220. The van der Waals surface area contributed by atoms with Gasteiger partial charge in [0.1, 0.15) is 0 Å². The molecular formula is C12H18O. The van der Waals surface area contributed by atoms with Crippen LogP contribution in [0.5, 0.6) is 0 Å². The first kappa shape index (κ1) is 10.3. The van der Waals surface area contributed by atoms with Crippen molar-refractivity contribution in [3.63, 3.8) is 0 Å². The molecule has 1 nitrogen and oxygen atoms in total. The molecule has 1 unspecified atom stereocenters. The van der Waals surface area contributed by atoms with Gasteiger partial charge in [0.2, 0.25) is 0 Å². The van der Waals surface area contributed by atoms with Gasteiger partial charge in [-0.05, 0) is 24.8 Å². The van der Waals surface area contributed by atoms with Crippen LogP contribution < -0.4 is 0 Å². The van der Waals surface area contributed by atoms with Gasteiger partial charge in [0, 0.05) is 0 Å². The summed E-state index contributed by atoms with van der Waals surface area (Å²) < 4.78 is 0. The molecule has 1 heteroatoms. The lowest BCUT2D eigenvalue weighted by Crippen LogP contribution is -2.17. The number of hydrogen-bond donors (Lipinski definition) is 1. The topological polar surface area (TPSA) is 20.2 Å². The molecule has 1 aromatic rings.